The minimum atomic E-state index is -0.559. The second kappa shape index (κ2) is 7.56. The first-order valence-corrected chi connectivity index (χ1v) is 6.53. The van der Waals surface area contributed by atoms with Crippen LogP contribution in [0.5, 0.6) is 0 Å². The third-order valence-electron chi connectivity index (χ3n) is 2.48. The van der Waals surface area contributed by atoms with Gasteiger partial charge in [-0.3, -0.25) is 10.6 Å². The summed E-state index contributed by atoms with van der Waals surface area (Å²) in [7, 11) is 0. The van der Waals surface area contributed by atoms with Gasteiger partial charge in [0, 0.05) is 0 Å². The molecule has 2 heterocycles. The van der Waals surface area contributed by atoms with Crippen molar-refractivity contribution in [3.63, 3.8) is 0 Å². The van der Waals surface area contributed by atoms with Gasteiger partial charge in [-0.15, -0.1) is 0 Å². The first-order chi connectivity index (χ1) is 10.7. The maximum atomic E-state index is 11.8. The molecule has 0 saturated carbocycles. The van der Waals surface area contributed by atoms with Gasteiger partial charge in [-0.2, -0.15) is 20.2 Å². The van der Waals surface area contributed by atoms with Crippen LogP contribution < -0.4 is 21.3 Å². The molecule has 0 spiro atoms. The Balaban J connectivity index is 1.83. The highest BCUT2D eigenvalue weighted by molar-refractivity contribution is 5.89. The van der Waals surface area contributed by atoms with Crippen LogP contribution in [0.2, 0.25) is 0 Å². The summed E-state index contributed by atoms with van der Waals surface area (Å²) in [5.74, 6) is 0.415. The maximum Gasteiger partial charge on any atom is 0.323 e. The van der Waals surface area contributed by atoms with Gasteiger partial charge in [0.2, 0.25) is 11.9 Å². The van der Waals surface area contributed by atoms with Gasteiger partial charge in [-0.1, -0.05) is 13.3 Å². The number of aromatic nitrogens is 6. The molecule has 0 unspecified atom stereocenters. The van der Waals surface area contributed by atoms with Crippen molar-refractivity contribution < 1.29 is 9.59 Å². The highest BCUT2D eigenvalue weighted by atomic mass is 16.2. The zero-order chi connectivity index (χ0) is 15.8. The van der Waals surface area contributed by atoms with E-state index in [-0.39, 0.29) is 11.9 Å². The molecular weight excluding hydrogens is 292 g/mol. The lowest BCUT2D eigenvalue weighted by molar-refractivity contribution is 0.236. The van der Waals surface area contributed by atoms with E-state index in [1.54, 1.807) is 0 Å². The van der Waals surface area contributed by atoms with Crippen LogP contribution in [0, 0.1) is 0 Å². The van der Waals surface area contributed by atoms with Crippen molar-refractivity contribution >= 4 is 24.0 Å². The van der Waals surface area contributed by atoms with E-state index in [0.29, 0.717) is 6.42 Å². The fourth-order valence-corrected chi connectivity index (χ4v) is 1.60. The van der Waals surface area contributed by atoms with Gasteiger partial charge in [0.25, 0.3) is 0 Å². The van der Waals surface area contributed by atoms with Crippen LogP contribution in [0.4, 0.5) is 21.5 Å². The number of H-pyrrole nitrogens is 2. The molecule has 0 bridgehead atoms. The minimum Gasteiger partial charge on any atom is -0.318 e. The second-order valence-corrected chi connectivity index (χ2v) is 4.21. The van der Waals surface area contributed by atoms with Crippen molar-refractivity contribution in [1.29, 1.82) is 0 Å². The number of anilines is 2. The molecule has 0 aliphatic rings. The summed E-state index contributed by atoms with van der Waals surface area (Å²) in [4.78, 5) is 31.1. The van der Waals surface area contributed by atoms with Gasteiger partial charge in [0.15, 0.2) is 0 Å². The Bertz CT molecular complexity index is 531. The molecule has 0 saturated heterocycles. The van der Waals surface area contributed by atoms with Crippen molar-refractivity contribution in [3.05, 3.63) is 12.7 Å². The van der Waals surface area contributed by atoms with E-state index in [4.69, 9.17) is 0 Å². The van der Waals surface area contributed by atoms with Gasteiger partial charge in [-0.05, 0) is 6.42 Å². The Morgan fingerprint density at radius 3 is 1.91 bits per heavy atom. The van der Waals surface area contributed by atoms with Crippen LogP contribution >= 0.6 is 0 Å². The Labute approximate surface area is 124 Å². The van der Waals surface area contributed by atoms with Gasteiger partial charge < -0.3 is 10.6 Å². The van der Waals surface area contributed by atoms with Gasteiger partial charge >= 0.3 is 12.1 Å². The van der Waals surface area contributed by atoms with Crippen LogP contribution in [0.3, 0.4) is 0 Å². The second-order valence-electron chi connectivity index (χ2n) is 4.21. The average Bonchev–Trinajstić information content (AvgIpc) is 3.12. The molecular formula is C10H16N10O2. The summed E-state index contributed by atoms with van der Waals surface area (Å²) in [6.07, 6.45) is 3.28. The van der Waals surface area contributed by atoms with Crippen LogP contribution in [-0.2, 0) is 0 Å². The van der Waals surface area contributed by atoms with Crippen molar-refractivity contribution in [2.75, 3.05) is 10.6 Å². The highest BCUT2D eigenvalue weighted by Crippen LogP contribution is 1.98. The molecule has 2 rings (SSSR count). The average molecular weight is 308 g/mol. The molecule has 2 aromatic heterocycles. The number of nitrogens with zero attached hydrogens (tertiary/aromatic N) is 4. The number of aromatic amines is 2. The van der Waals surface area contributed by atoms with Crippen molar-refractivity contribution in [1.82, 2.24) is 41.0 Å². The predicted octanol–water partition coefficient (Wildman–Crippen LogP) is -0.00780. The summed E-state index contributed by atoms with van der Waals surface area (Å²) in [5.41, 5.74) is 0. The monoisotopic (exact) mass is 308 g/mol. The van der Waals surface area contributed by atoms with E-state index in [9.17, 15) is 9.59 Å². The normalized spacial score (nSPS) is 10.3. The zero-order valence-electron chi connectivity index (χ0n) is 11.8. The van der Waals surface area contributed by atoms with Crippen LogP contribution in [0.15, 0.2) is 12.7 Å². The zero-order valence-corrected chi connectivity index (χ0v) is 11.8. The standard InChI is InChI=1S/C10H16N10O2/c1-2-3-6(15-9(21)17-7-11-4-13-19-7)16-10(22)18-8-12-5-14-20-8/h4-6H,2-3H2,1H3,(H3,11,13,15,17,19,21)(H3,12,14,16,18,20,22). The topological polar surface area (TPSA) is 165 Å². The quantitative estimate of drug-likeness (QED) is 0.411. The number of carbonyl (C=O) groups is 2. The van der Waals surface area contributed by atoms with Crippen LogP contribution in [0.1, 0.15) is 19.8 Å². The summed E-state index contributed by atoms with van der Waals surface area (Å²) in [6, 6.07) is -1.04. The Morgan fingerprint density at radius 1 is 1.05 bits per heavy atom. The van der Waals surface area contributed by atoms with E-state index in [1.165, 1.54) is 12.7 Å². The molecule has 4 amide bonds. The summed E-state index contributed by atoms with van der Waals surface area (Å²) in [6.45, 7) is 1.93. The molecule has 0 aromatic carbocycles. The first-order valence-electron chi connectivity index (χ1n) is 6.53. The lowest BCUT2D eigenvalue weighted by atomic mass is 10.3. The molecule has 0 aliphatic heterocycles. The minimum absolute atomic E-state index is 0.207. The predicted molar refractivity (Wildman–Crippen MR) is 75.8 cm³/mol. The number of urea groups is 2. The molecule has 6 N–H and O–H groups in total. The molecule has 118 valence electrons. The van der Waals surface area contributed by atoms with E-state index in [1.807, 2.05) is 6.92 Å². The Morgan fingerprint density at radius 2 is 1.55 bits per heavy atom. The molecule has 0 radical (unpaired) electrons. The van der Waals surface area contributed by atoms with Gasteiger partial charge in [0.05, 0.1) is 0 Å². The smallest absolute Gasteiger partial charge is 0.318 e. The first kappa shape index (κ1) is 15.2. The number of hydrogen-bond acceptors (Lipinski definition) is 6. The van der Waals surface area contributed by atoms with Gasteiger partial charge in [0.1, 0.15) is 18.8 Å². The molecule has 12 nitrogen and oxygen atoms in total. The fourth-order valence-electron chi connectivity index (χ4n) is 1.60. The SMILES string of the molecule is CCCC(NC(=O)Nc1ncn[nH]1)NC(=O)Nc1ncn[nH]1. The third-order valence-corrected chi connectivity index (χ3v) is 2.48. The molecule has 12 heteroatoms. The third kappa shape index (κ3) is 4.73. The lowest BCUT2D eigenvalue weighted by Crippen LogP contribution is -2.50. The maximum absolute atomic E-state index is 11.8. The highest BCUT2D eigenvalue weighted by Gasteiger charge is 2.15. The Kier molecular flexibility index (Phi) is 5.23. The number of hydrogen-bond donors (Lipinski definition) is 6. The number of carbonyl (C=O) groups excluding carboxylic acids is 2. The fraction of sp³-hybridized carbons (Fsp3) is 0.400. The summed E-state index contributed by atoms with van der Waals surface area (Å²) < 4.78 is 0. The van der Waals surface area contributed by atoms with Crippen molar-refractivity contribution in [2.24, 2.45) is 0 Å². The number of nitrogens with one attached hydrogen (secondary N) is 6. The van der Waals surface area contributed by atoms with Crippen LogP contribution in [-0.4, -0.2) is 48.6 Å². The summed E-state index contributed by atoms with van der Waals surface area (Å²) in [5, 5.41) is 22.3. The van der Waals surface area contributed by atoms with E-state index < -0.39 is 18.2 Å². The summed E-state index contributed by atoms with van der Waals surface area (Å²) >= 11 is 0. The van der Waals surface area contributed by atoms with Crippen molar-refractivity contribution in [3.8, 4) is 0 Å². The van der Waals surface area contributed by atoms with E-state index >= 15 is 0 Å². The van der Waals surface area contributed by atoms with E-state index in [0.717, 1.165) is 6.42 Å². The number of rotatable bonds is 6. The molecule has 0 fully saturated rings. The lowest BCUT2D eigenvalue weighted by Gasteiger charge is -2.19. The molecule has 0 aliphatic carbocycles. The largest absolute Gasteiger partial charge is 0.323 e. The van der Waals surface area contributed by atoms with Gasteiger partial charge in [-0.25, -0.2) is 19.8 Å². The Hall–Kier alpha value is -3.18. The van der Waals surface area contributed by atoms with E-state index in [2.05, 4.69) is 51.6 Å². The van der Waals surface area contributed by atoms with Crippen molar-refractivity contribution in [2.45, 2.75) is 25.9 Å². The molecule has 2 aromatic rings. The molecule has 22 heavy (non-hydrogen) atoms. The molecule has 0 atom stereocenters. The number of amides is 4. The van der Waals surface area contributed by atoms with Crippen LogP contribution in [0.25, 0.3) is 0 Å².